The minimum absolute atomic E-state index is 0.0593. The summed E-state index contributed by atoms with van der Waals surface area (Å²) in [4.78, 5) is 20.5. The quantitative estimate of drug-likeness (QED) is 0.564. The van der Waals surface area contributed by atoms with Crippen LogP contribution in [0.5, 0.6) is 0 Å². The van der Waals surface area contributed by atoms with Crippen molar-refractivity contribution in [1.82, 2.24) is 5.32 Å². The molecule has 0 saturated heterocycles. The molecule has 2 N–H and O–H groups in total. The van der Waals surface area contributed by atoms with Crippen molar-refractivity contribution in [1.29, 1.82) is 0 Å². The van der Waals surface area contributed by atoms with Gasteiger partial charge in [0.1, 0.15) is 0 Å². The summed E-state index contributed by atoms with van der Waals surface area (Å²) < 4.78 is 0. The Bertz CT molecular complexity index is 137. The maximum absolute atomic E-state index is 10.6. The summed E-state index contributed by atoms with van der Waals surface area (Å²) in [5.41, 5.74) is 0. The standard InChI is InChI=1S/C5H10NO3P/c7-4(6-3-10)1-2-5(8)9/h1-3,10H2,(H,6,7)(H,8,9). The molecule has 0 rings (SSSR count). The fourth-order valence-electron chi connectivity index (χ4n) is 0.423. The molecule has 0 aliphatic rings. The molecule has 5 heteroatoms. The maximum atomic E-state index is 10.6. The maximum Gasteiger partial charge on any atom is 0.303 e. The van der Waals surface area contributed by atoms with Crippen LogP contribution in [0.15, 0.2) is 0 Å². The lowest BCUT2D eigenvalue weighted by Crippen LogP contribution is -2.21. The van der Waals surface area contributed by atoms with E-state index in [9.17, 15) is 9.59 Å². The van der Waals surface area contributed by atoms with Gasteiger partial charge in [-0.1, -0.05) is 0 Å². The summed E-state index contributed by atoms with van der Waals surface area (Å²) in [6.07, 6.45) is 0.429. The highest BCUT2D eigenvalue weighted by Crippen LogP contribution is 1.88. The van der Waals surface area contributed by atoms with Crippen molar-refractivity contribution in [2.24, 2.45) is 0 Å². The van der Waals surface area contributed by atoms with Crippen LogP contribution in [-0.2, 0) is 9.59 Å². The first-order valence-corrected chi connectivity index (χ1v) is 3.67. The van der Waals surface area contributed by atoms with E-state index in [4.69, 9.17) is 5.11 Å². The molecule has 0 spiro atoms. The van der Waals surface area contributed by atoms with Gasteiger partial charge in [0, 0.05) is 12.7 Å². The highest BCUT2D eigenvalue weighted by Gasteiger charge is 2.02. The number of amides is 1. The average Bonchev–Trinajstić information content (AvgIpc) is 1.85. The first kappa shape index (κ1) is 9.37. The molecule has 0 heterocycles. The molecule has 0 aliphatic heterocycles. The lowest BCUT2D eigenvalue weighted by Gasteiger charge is -1.97. The van der Waals surface area contributed by atoms with Crippen molar-refractivity contribution < 1.29 is 14.7 Å². The molecule has 58 valence electrons. The predicted octanol–water partition coefficient (Wildman–Crippen LogP) is -0.200. The van der Waals surface area contributed by atoms with Gasteiger partial charge in [0.05, 0.1) is 6.42 Å². The highest BCUT2D eigenvalue weighted by atomic mass is 31.0. The van der Waals surface area contributed by atoms with Crippen LogP contribution in [0.2, 0.25) is 0 Å². The topological polar surface area (TPSA) is 66.4 Å². The third-order valence-corrected chi connectivity index (χ3v) is 1.07. The van der Waals surface area contributed by atoms with Gasteiger partial charge in [-0.3, -0.25) is 9.59 Å². The van der Waals surface area contributed by atoms with Gasteiger partial charge >= 0.3 is 5.97 Å². The smallest absolute Gasteiger partial charge is 0.303 e. The van der Waals surface area contributed by atoms with Crippen molar-refractivity contribution in [2.75, 3.05) is 6.29 Å². The number of hydrogen-bond acceptors (Lipinski definition) is 2. The van der Waals surface area contributed by atoms with Crippen LogP contribution in [0.25, 0.3) is 0 Å². The second-order valence-electron chi connectivity index (χ2n) is 1.70. The normalized spacial score (nSPS) is 8.90. The van der Waals surface area contributed by atoms with Crippen LogP contribution in [-0.4, -0.2) is 23.3 Å². The molecule has 0 aromatic rings. The first-order chi connectivity index (χ1) is 4.66. The zero-order valence-electron chi connectivity index (χ0n) is 5.46. The van der Waals surface area contributed by atoms with Crippen molar-refractivity contribution in [3.05, 3.63) is 0 Å². The number of rotatable bonds is 4. The van der Waals surface area contributed by atoms with Crippen LogP contribution in [0, 0.1) is 0 Å². The van der Waals surface area contributed by atoms with Crippen LogP contribution >= 0.6 is 9.24 Å². The largest absolute Gasteiger partial charge is 0.481 e. The molecule has 10 heavy (non-hydrogen) atoms. The van der Waals surface area contributed by atoms with Gasteiger partial charge in [-0.15, -0.1) is 9.24 Å². The summed E-state index contributed by atoms with van der Waals surface area (Å²) in [5, 5.41) is 10.6. The molecule has 0 aromatic carbocycles. The minimum atomic E-state index is -0.945. The van der Waals surface area contributed by atoms with Gasteiger partial charge in [0.2, 0.25) is 5.91 Å². The molecule has 4 nitrogen and oxygen atoms in total. The van der Waals surface area contributed by atoms with Crippen molar-refractivity contribution in [2.45, 2.75) is 12.8 Å². The summed E-state index contributed by atoms with van der Waals surface area (Å²) in [7, 11) is 2.32. The van der Waals surface area contributed by atoms with E-state index in [0.29, 0.717) is 6.29 Å². The Morgan fingerprint density at radius 1 is 1.40 bits per heavy atom. The molecule has 0 aliphatic carbocycles. The molecular formula is C5H10NO3P. The minimum Gasteiger partial charge on any atom is -0.481 e. The monoisotopic (exact) mass is 163 g/mol. The molecule has 1 amide bonds. The molecular weight excluding hydrogens is 153 g/mol. The van der Waals surface area contributed by atoms with Gasteiger partial charge in [0.15, 0.2) is 0 Å². The van der Waals surface area contributed by atoms with Crippen LogP contribution in [0.1, 0.15) is 12.8 Å². The van der Waals surface area contributed by atoms with Gasteiger partial charge in [-0.05, 0) is 0 Å². The van der Waals surface area contributed by atoms with Gasteiger partial charge in [-0.25, -0.2) is 0 Å². The Morgan fingerprint density at radius 2 is 2.00 bits per heavy atom. The van der Waals surface area contributed by atoms with Gasteiger partial charge in [-0.2, -0.15) is 0 Å². The van der Waals surface area contributed by atoms with E-state index in [1.165, 1.54) is 0 Å². The van der Waals surface area contributed by atoms with E-state index in [2.05, 4.69) is 14.6 Å². The second-order valence-corrected chi connectivity index (χ2v) is 2.11. The van der Waals surface area contributed by atoms with E-state index in [1.807, 2.05) is 0 Å². The van der Waals surface area contributed by atoms with Crippen LogP contribution in [0.3, 0.4) is 0 Å². The molecule has 1 unspecified atom stereocenters. The number of hydrogen-bond donors (Lipinski definition) is 2. The number of carbonyl (C=O) groups excluding carboxylic acids is 1. The average molecular weight is 163 g/mol. The first-order valence-electron chi connectivity index (χ1n) is 2.85. The SMILES string of the molecule is O=C(O)CCC(=O)NCP. The van der Waals surface area contributed by atoms with Crippen LogP contribution < -0.4 is 5.32 Å². The van der Waals surface area contributed by atoms with Gasteiger partial charge in [0.25, 0.3) is 0 Å². The zero-order chi connectivity index (χ0) is 7.98. The molecule has 0 bridgehead atoms. The Labute approximate surface area is 61.2 Å². The van der Waals surface area contributed by atoms with E-state index in [0.717, 1.165) is 0 Å². The lowest BCUT2D eigenvalue weighted by atomic mass is 10.3. The Hall–Kier alpha value is -0.630. The Balaban J connectivity index is 3.30. The number of aliphatic carboxylic acids is 1. The van der Waals surface area contributed by atoms with Gasteiger partial charge < -0.3 is 10.4 Å². The number of carbonyl (C=O) groups is 2. The van der Waals surface area contributed by atoms with E-state index < -0.39 is 5.97 Å². The molecule has 0 radical (unpaired) electrons. The molecule has 0 saturated carbocycles. The van der Waals surface area contributed by atoms with E-state index in [1.54, 1.807) is 0 Å². The molecule has 0 aromatic heterocycles. The molecule has 0 fully saturated rings. The summed E-state index contributed by atoms with van der Waals surface area (Å²) in [6, 6.07) is 0. The van der Waals surface area contributed by atoms with Crippen LogP contribution in [0.4, 0.5) is 0 Å². The predicted molar refractivity (Wildman–Crippen MR) is 39.6 cm³/mol. The Kier molecular flexibility index (Phi) is 4.85. The fourth-order valence-corrected chi connectivity index (χ4v) is 0.650. The lowest BCUT2D eigenvalue weighted by molar-refractivity contribution is -0.138. The number of nitrogens with one attached hydrogen (secondary N) is 1. The zero-order valence-corrected chi connectivity index (χ0v) is 6.62. The Morgan fingerprint density at radius 3 is 2.40 bits per heavy atom. The van der Waals surface area contributed by atoms with Crippen molar-refractivity contribution in [3.8, 4) is 0 Å². The fraction of sp³-hybridized carbons (Fsp3) is 0.600. The van der Waals surface area contributed by atoms with E-state index >= 15 is 0 Å². The van der Waals surface area contributed by atoms with Crippen molar-refractivity contribution in [3.63, 3.8) is 0 Å². The number of carboxylic acid groups (broad SMARTS) is 1. The number of carboxylic acids is 1. The highest BCUT2D eigenvalue weighted by molar-refractivity contribution is 7.16. The third-order valence-electron chi connectivity index (χ3n) is 0.865. The van der Waals surface area contributed by atoms with E-state index in [-0.39, 0.29) is 18.7 Å². The summed E-state index contributed by atoms with van der Waals surface area (Å²) in [5.74, 6) is -1.17. The van der Waals surface area contributed by atoms with Crippen molar-refractivity contribution >= 4 is 21.1 Å². The third kappa shape index (κ3) is 5.51. The molecule has 1 atom stereocenters. The second kappa shape index (κ2) is 5.18. The summed E-state index contributed by atoms with van der Waals surface area (Å²) in [6.45, 7) is 0. The summed E-state index contributed by atoms with van der Waals surface area (Å²) >= 11 is 0.